The first-order chi connectivity index (χ1) is 9.25. The summed E-state index contributed by atoms with van der Waals surface area (Å²) in [6.07, 6.45) is 3.03. The van der Waals surface area contributed by atoms with E-state index in [1.54, 1.807) is 30.5 Å². The largest absolute Gasteiger partial charge is 0.327 e. The van der Waals surface area contributed by atoms with Gasteiger partial charge in [-0.15, -0.1) is 0 Å². The molecule has 0 unspecified atom stereocenters. The van der Waals surface area contributed by atoms with Crippen molar-refractivity contribution in [1.29, 1.82) is 0 Å². The summed E-state index contributed by atoms with van der Waals surface area (Å²) >= 11 is 0. The number of carbonyl (C=O) groups is 2. The quantitative estimate of drug-likeness (QED) is 0.568. The van der Waals surface area contributed by atoms with Crippen molar-refractivity contribution < 1.29 is 9.59 Å². The number of rotatable bonds is 3. The number of para-hydroxylation sites is 1. The first kappa shape index (κ1) is 12.6. The number of amides is 2. The van der Waals surface area contributed by atoms with E-state index in [1.165, 1.54) is 6.20 Å². The number of hydrogen-bond donors (Lipinski definition) is 3. The third kappa shape index (κ3) is 3.81. The zero-order valence-electron chi connectivity index (χ0n) is 9.96. The highest BCUT2D eigenvalue weighted by Gasteiger charge is 2.12. The van der Waals surface area contributed by atoms with Crippen LogP contribution >= 0.6 is 0 Å². The number of hydrazine groups is 1. The van der Waals surface area contributed by atoms with Gasteiger partial charge in [-0.3, -0.25) is 25.4 Å². The minimum absolute atomic E-state index is 0.461. The molecule has 0 radical (unpaired) electrons. The number of aromatic nitrogens is 1. The summed E-state index contributed by atoms with van der Waals surface area (Å²) in [4.78, 5) is 26.9. The van der Waals surface area contributed by atoms with Crippen LogP contribution in [0.3, 0.4) is 0 Å². The molecule has 1 aromatic carbocycles. The highest BCUT2D eigenvalue weighted by molar-refractivity contribution is 6.39. The van der Waals surface area contributed by atoms with Crippen molar-refractivity contribution in [2.24, 2.45) is 0 Å². The normalized spacial score (nSPS) is 9.47. The Balaban J connectivity index is 1.85. The van der Waals surface area contributed by atoms with Gasteiger partial charge in [0.05, 0.1) is 17.6 Å². The molecule has 2 rings (SSSR count). The maximum absolute atomic E-state index is 11.5. The van der Waals surface area contributed by atoms with Crippen LogP contribution in [0.1, 0.15) is 0 Å². The molecule has 1 heterocycles. The summed E-state index contributed by atoms with van der Waals surface area (Å²) in [6, 6.07) is 12.3. The molecule has 0 fully saturated rings. The monoisotopic (exact) mass is 256 g/mol. The Morgan fingerprint density at radius 2 is 1.63 bits per heavy atom. The Morgan fingerprint density at radius 3 is 2.32 bits per heavy atom. The first-order valence-corrected chi connectivity index (χ1v) is 5.58. The Labute approximate surface area is 109 Å². The Kier molecular flexibility index (Phi) is 4.07. The van der Waals surface area contributed by atoms with E-state index in [1.807, 2.05) is 18.2 Å². The van der Waals surface area contributed by atoms with Crippen molar-refractivity contribution in [3.8, 4) is 0 Å². The molecule has 1 aromatic heterocycles. The van der Waals surface area contributed by atoms with Crippen LogP contribution in [0.15, 0.2) is 54.9 Å². The molecule has 6 nitrogen and oxygen atoms in total. The van der Waals surface area contributed by atoms with E-state index in [-0.39, 0.29) is 0 Å². The maximum atomic E-state index is 11.5. The molecule has 96 valence electrons. The van der Waals surface area contributed by atoms with E-state index in [9.17, 15) is 9.59 Å². The van der Waals surface area contributed by atoms with Gasteiger partial charge in [-0.05, 0) is 24.3 Å². The van der Waals surface area contributed by atoms with Gasteiger partial charge in [-0.25, -0.2) is 0 Å². The molecule has 0 saturated heterocycles. The van der Waals surface area contributed by atoms with Gasteiger partial charge in [-0.2, -0.15) is 0 Å². The first-order valence-electron chi connectivity index (χ1n) is 5.58. The lowest BCUT2D eigenvalue weighted by Crippen LogP contribution is -2.38. The highest BCUT2D eigenvalue weighted by Crippen LogP contribution is 2.03. The second-order valence-electron chi connectivity index (χ2n) is 3.64. The summed E-state index contributed by atoms with van der Waals surface area (Å²) in [5, 5.41) is 2.42. The molecule has 0 bridgehead atoms. The Hall–Kier alpha value is -2.89. The minimum atomic E-state index is -0.785. The van der Waals surface area contributed by atoms with E-state index < -0.39 is 11.8 Å². The summed E-state index contributed by atoms with van der Waals surface area (Å²) in [6.45, 7) is 0. The molecule has 0 saturated carbocycles. The van der Waals surface area contributed by atoms with Crippen LogP contribution in [-0.2, 0) is 9.59 Å². The van der Waals surface area contributed by atoms with Crippen LogP contribution in [0.5, 0.6) is 0 Å². The van der Waals surface area contributed by atoms with Crippen LogP contribution < -0.4 is 16.2 Å². The summed E-state index contributed by atoms with van der Waals surface area (Å²) in [5.41, 5.74) is 6.08. The average molecular weight is 256 g/mol. The number of benzene rings is 1. The molecule has 0 aliphatic rings. The van der Waals surface area contributed by atoms with Crippen molar-refractivity contribution in [2.75, 3.05) is 10.7 Å². The number of hydrogen-bond acceptors (Lipinski definition) is 4. The molecule has 3 N–H and O–H groups in total. The fourth-order valence-electron chi connectivity index (χ4n) is 1.33. The van der Waals surface area contributed by atoms with E-state index in [0.717, 1.165) is 0 Å². The summed E-state index contributed by atoms with van der Waals surface area (Å²) in [5.74, 6) is -1.55. The van der Waals surface area contributed by atoms with Crippen LogP contribution in [0.4, 0.5) is 11.4 Å². The Bertz CT molecular complexity index is 557. The fourth-order valence-corrected chi connectivity index (χ4v) is 1.33. The van der Waals surface area contributed by atoms with Gasteiger partial charge in [0.1, 0.15) is 0 Å². The van der Waals surface area contributed by atoms with Crippen LogP contribution in [0.2, 0.25) is 0 Å². The SMILES string of the molecule is O=C(NNc1ccccc1)C(=O)Nc1cccnc1. The third-order valence-corrected chi connectivity index (χ3v) is 2.22. The van der Waals surface area contributed by atoms with Gasteiger partial charge in [0.15, 0.2) is 0 Å². The molecule has 2 amide bonds. The standard InChI is InChI=1S/C13H12N4O2/c18-12(15-11-7-4-8-14-9-11)13(19)17-16-10-5-2-1-3-6-10/h1-9,16H,(H,15,18)(H,17,19). The van der Waals surface area contributed by atoms with Gasteiger partial charge in [-0.1, -0.05) is 18.2 Å². The predicted molar refractivity (Wildman–Crippen MR) is 71.1 cm³/mol. The lowest BCUT2D eigenvalue weighted by Gasteiger charge is -2.08. The summed E-state index contributed by atoms with van der Waals surface area (Å²) in [7, 11) is 0. The minimum Gasteiger partial charge on any atom is -0.316 e. The van der Waals surface area contributed by atoms with Gasteiger partial charge in [0.2, 0.25) is 0 Å². The van der Waals surface area contributed by atoms with Crippen molar-refractivity contribution in [1.82, 2.24) is 10.4 Å². The lowest BCUT2D eigenvalue weighted by molar-refractivity contribution is -0.135. The van der Waals surface area contributed by atoms with Gasteiger partial charge in [0.25, 0.3) is 0 Å². The van der Waals surface area contributed by atoms with E-state index in [4.69, 9.17) is 0 Å². The van der Waals surface area contributed by atoms with Crippen molar-refractivity contribution in [2.45, 2.75) is 0 Å². The smallest absolute Gasteiger partial charge is 0.316 e. The molecule has 0 aliphatic carbocycles. The molecule has 19 heavy (non-hydrogen) atoms. The van der Waals surface area contributed by atoms with Gasteiger partial charge < -0.3 is 5.32 Å². The molecule has 2 aromatic rings. The lowest BCUT2D eigenvalue weighted by atomic mass is 10.3. The maximum Gasteiger partial charge on any atom is 0.327 e. The van der Waals surface area contributed by atoms with E-state index in [0.29, 0.717) is 11.4 Å². The molecular weight excluding hydrogens is 244 g/mol. The van der Waals surface area contributed by atoms with E-state index >= 15 is 0 Å². The van der Waals surface area contributed by atoms with Crippen LogP contribution in [-0.4, -0.2) is 16.8 Å². The zero-order chi connectivity index (χ0) is 13.5. The van der Waals surface area contributed by atoms with Crippen LogP contribution in [0.25, 0.3) is 0 Å². The number of nitrogens with one attached hydrogen (secondary N) is 3. The molecule has 0 atom stereocenters. The molecule has 6 heteroatoms. The van der Waals surface area contributed by atoms with Gasteiger partial charge >= 0.3 is 11.8 Å². The third-order valence-electron chi connectivity index (χ3n) is 2.22. The topological polar surface area (TPSA) is 83.1 Å². The molecule has 0 spiro atoms. The zero-order valence-corrected chi connectivity index (χ0v) is 9.96. The Morgan fingerprint density at radius 1 is 0.895 bits per heavy atom. The predicted octanol–water partition coefficient (Wildman–Crippen LogP) is 1.16. The van der Waals surface area contributed by atoms with Crippen molar-refractivity contribution in [3.63, 3.8) is 0 Å². The highest BCUT2D eigenvalue weighted by atomic mass is 16.2. The second-order valence-corrected chi connectivity index (χ2v) is 3.64. The van der Waals surface area contributed by atoms with Crippen molar-refractivity contribution >= 4 is 23.2 Å². The van der Waals surface area contributed by atoms with Gasteiger partial charge in [0, 0.05) is 6.20 Å². The number of pyridine rings is 1. The fraction of sp³-hybridized carbons (Fsp3) is 0. The molecular formula is C13H12N4O2. The second kappa shape index (κ2) is 6.15. The van der Waals surface area contributed by atoms with E-state index in [2.05, 4.69) is 21.2 Å². The molecule has 0 aliphatic heterocycles. The average Bonchev–Trinajstić information content (AvgIpc) is 2.47. The number of anilines is 2. The number of carbonyl (C=O) groups excluding carboxylic acids is 2. The summed E-state index contributed by atoms with van der Waals surface area (Å²) < 4.78 is 0. The van der Waals surface area contributed by atoms with Crippen molar-refractivity contribution in [3.05, 3.63) is 54.9 Å². The van der Waals surface area contributed by atoms with Crippen LogP contribution in [0, 0.1) is 0 Å². The number of nitrogens with zero attached hydrogens (tertiary/aromatic N) is 1.